The quantitative estimate of drug-likeness (QED) is 0.240. The standard InChI is InChI=1S/C27H23N5O6/c1-38-21-13-11-20(12-14-21)32-26(36)22(25(35)30-27(32)37)16-28-31-24(34)18-7-9-19(10-8-18)29-23(33)15-17-5-3-2-4-6-17/h2-14,16,22H,15H2,1H3,(H,29,33)(H,31,34)(H,30,35,37)/b28-16-/t22-/m0/s1. The molecular formula is C27H23N5O6. The van der Waals surface area contributed by atoms with Crippen LogP contribution in [0.3, 0.4) is 0 Å². The van der Waals surface area contributed by atoms with Gasteiger partial charge >= 0.3 is 6.03 Å². The second-order valence-corrected chi connectivity index (χ2v) is 8.15. The van der Waals surface area contributed by atoms with Gasteiger partial charge in [0.2, 0.25) is 11.8 Å². The lowest BCUT2D eigenvalue weighted by atomic mass is 10.1. The third-order valence-electron chi connectivity index (χ3n) is 5.56. The van der Waals surface area contributed by atoms with Crippen LogP contribution in [0.5, 0.6) is 5.75 Å². The number of ether oxygens (including phenoxy) is 1. The first-order valence-corrected chi connectivity index (χ1v) is 11.5. The van der Waals surface area contributed by atoms with E-state index in [1.165, 1.54) is 31.4 Å². The van der Waals surface area contributed by atoms with Crippen LogP contribution in [-0.2, 0) is 20.8 Å². The van der Waals surface area contributed by atoms with Gasteiger partial charge in [0.1, 0.15) is 5.75 Å². The van der Waals surface area contributed by atoms with Crippen molar-refractivity contribution in [3.63, 3.8) is 0 Å². The van der Waals surface area contributed by atoms with Crippen LogP contribution in [0.25, 0.3) is 0 Å². The summed E-state index contributed by atoms with van der Waals surface area (Å²) in [6.07, 6.45) is 1.17. The minimum atomic E-state index is -1.43. The lowest BCUT2D eigenvalue weighted by Gasteiger charge is -2.28. The van der Waals surface area contributed by atoms with Gasteiger partial charge in [-0.05, 0) is 54.1 Å². The van der Waals surface area contributed by atoms with Gasteiger partial charge in [-0.3, -0.25) is 24.5 Å². The van der Waals surface area contributed by atoms with E-state index in [1.54, 1.807) is 24.3 Å². The van der Waals surface area contributed by atoms with E-state index in [9.17, 15) is 24.0 Å². The number of anilines is 2. The third kappa shape index (κ3) is 6.08. The first-order chi connectivity index (χ1) is 18.4. The van der Waals surface area contributed by atoms with E-state index in [-0.39, 0.29) is 23.6 Å². The number of hydrogen-bond donors (Lipinski definition) is 3. The van der Waals surface area contributed by atoms with Crippen molar-refractivity contribution in [2.45, 2.75) is 6.42 Å². The number of rotatable bonds is 8. The molecule has 0 unspecified atom stereocenters. The summed E-state index contributed by atoms with van der Waals surface area (Å²) in [4.78, 5) is 62.8. The zero-order valence-corrected chi connectivity index (χ0v) is 20.2. The highest BCUT2D eigenvalue weighted by molar-refractivity contribution is 6.32. The highest BCUT2D eigenvalue weighted by Gasteiger charge is 2.40. The Kier molecular flexibility index (Phi) is 7.87. The molecule has 4 rings (SSSR count). The molecule has 3 aromatic carbocycles. The zero-order chi connectivity index (χ0) is 27.1. The number of hydrogen-bond acceptors (Lipinski definition) is 7. The number of amides is 6. The molecule has 1 atom stereocenters. The number of methoxy groups -OCH3 is 1. The van der Waals surface area contributed by atoms with E-state index in [2.05, 4.69) is 21.2 Å². The lowest BCUT2D eigenvalue weighted by Crippen LogP contribution is -2.58. The zero-order valence-electron chi connectivity index (χ0n) is 20.2. The first kappa shape index (κ1) is 25.8. The monoisotopic (exact) mass is 513 g/mol. The maximum Gasteiger partial charge on any atom is 0.335 e. The van der Waals surface area contributed by atoms with Gasteiger partial charge in [0.15, 0.2) is 5.92 Å². The normalized spacial score (nSPS) is 15.2. The van der Waals surface area contributed by atoms with Gasteiger partial charge in [0.05, 0.1) is 19.2 Å². The van der Waals surface area contributed by atoms with Crippen LogP contribution in [0.2, 0.25) is 0 Å². The van der Waals surface area contributed by atoms with Gasteiger partial charge in [-0.15, -0.1) is 0 Å². The number of barbiturate groups is 1. The van der Waals surface area contributed by atoms with E-state index < -0.39 is 29.7 Å². The van der Waals surface area contributed by atoms with Gasteiger partial charge in [-0.1, -0.05) is 30.3 Å². The van der Waals surface area contributed by atoms with E-state index in [0.717, 1.165) is 16.7 Å². The summed E-state index contributed by atoms with van der Waals surface area (Å²) >= 11 is 0. The second-order valence-electron chi connectivity index (χ2n) is 8.15. The Hall–Kier alpha value is -5.32. The topological polar surface area (TPSA) is 146 Å². The number of benzene rings is 3. The van der Waals surface area contributed by atoms with Crippen LogP contribution in [0.1, 0.15) is 15.9 Å². The molecule has 11 nitrogen and oxygen atoms in total. The summed E-state index contributed by atoms with van der Waals surface area (Å²) in [5, 5.41) is 8.60. The van der Waals surface area contributed by atoms with E-state index in [1.807, 2.05) is 30.3 Å². The molecular weight excluding hydrogens is 490 g/mol. The molecule has 0 saturated carbocycles. The first-order valence-electron chi connectivity index (χ1n) is 11.5. The molecule has 0 radical (unpaired) electrons. The largest absolute Gasteiger partial charge is 0.497 e. The van der Waals surface area contributed by atoms with Crippen molar-refractivity contribution in [3.8, 4) is 5.75 Å². The summed E-state index contributed by atoms with van der Waals surface area (Å²) in [5.74, 6) is -3.39. The molecule has 0 aromatic heterocycles. The molecule has 38 heavy (non-hydrogen) atoms. The fourth-order valence-electron chi connectivity index (χ4n) is 3.62. The molecule has 0 aliphatic carbocycles. The molecule has 0 bridgehead atoms. The number of hydrazone groups is 1. The van der Waals surface area contributed by atoms with Crippen molar-refractivity contribution in [2.75, 3.05) is 17.3 Å². The Morgan fingerprint density at radius 1 is 0.974 bits per heavy atom. The fraction of sp³-hybridized carbons (Fsp3) is 0.111. The van der Waals surface area contributed by atoms with Gasteiger partial charge in [0.25, 0.3) is 11.8 Å². The molecule has 192 valence electrons. The molecule has 1 aliphatic heterocycles. The molecule has 3 aromatic rings. The number of nitrogens with one attached hydrogen (secondary N) is 3. The van der Waals surface area contributed by atoms with E-state index >= 15 is 0 Å². The SMILES string of the molecule is COc1ccc(N2C(=O)NC(=O)[C@H](/C=N\NC(=O)c3ccc(NC(=O)Cc4ccccc4)cc3)C2=O)cc1. The minimum absolute atomic E-state index is 0.199. The third-order valence-corrected chi connectivity index (χ3v) is 5.56. The Labute approximate surface area is 217 Å². The second kappa shape index (κ2) is 11.6. The van der Waals surface area contributed by atoms with Crippen LogP contribution in [-0.4, -0.2) is 43.0 Å². The van der Waals surface area contributed by atoms with Crippen molar-refractivity contribution >= 4 is 47.2 Å². The average Bonchev–Trinajstić information content (AvgIpc) is 2.91. The summed E-state index contributed by atoms with van der Waals surface area (Å²) in [6.45, 7) is 0. The van der Waals surface area contributed by atoms with Crippen LogP contribution in [0.4, 0.5) is 16.2 Å². The Morgan fingerprint density at radius 2 is 1.66 bits per heavy atom. The molecule has 11 heteroatoms. The molecule has 1 fully saturated rings. The van der Waals surface area contributed by atoms with Gasteiger partial charge in [-0.25, -0.2) is 15.1 Å². The highest BCUT2D eigenvalue weighted by atomic mass is 16.5. The number of carbonyl (C=O) groups is 5. The minimum Gasteiger partial charge on any atom is -0.497 e. The van der Waals surface area contributed by atoms with Crippen LogP contribution in [0, 0.1) is 5.92 Å². The number of imide groups is 2. The van der Waals surface area contributed by atoms with Gasteiger partial charge in [0, 0.05) is 17.5 Å². The van der Waals surface area contributed by atoms with Gasteiger partial charge in [-0.2, -0.15) is 5.10 Å². The summed E-state index contributed by atoms with van der Waals surface area (Å²) in [6, 6.07) is 20.6. The van der Waals surface area contributed by atoms with Crippen molar-refractivity contribution in [2.24, 2.45) is 11.0 Å². The average molecular weight is 514 g/mol. The highest BCUT2D eigenvalue weighted by Crippen LogP contribution is 2.23. The Balaban J connectivity index is 1.35. The van der Waals surface area contributed by atoms with Crippen molar-refractivity contribution in [3.05, 3.63) is 90.0 Å². The maximum absolute atomic E-state index is 12.9. The number of nitrogens with zero attached hydrogens (tertiary/aromatic N) is 2. The summed E-state index contributed by atoms with van der Waals surface area (Å²) in [5.41, 5.74) is 4.11. The smallest absolute Gasteiger partial charge is 0.335 e. The van der Waals surface area contributed by atoms with Crippen molar-refractivity contribution in [1.82, 2.24) is 10.7 Å². The molecule has 6 amide bonds. The predicted molar refractivity (Wildman–Crippen MR) is 139 cm³/mol. The number of carbonyl (C=O) groups excluding carboxylic acids is 5. The molecule has 1 heterocycles. The molecule has 1 aliphatic rings. The van der Waals surface area contributed by atoms with Crippen LogP contribution < -0.4 is 25.7 Å². The van der Waals surface area contributed by atoms with E-state index in [4.69, 9.17) is 4.74 Å². The van der Waals surface area contributed by atoms with Crippen LogP contribution in [0.15, 0.2) is 84.0 Å². The predicted octanol–water partition coefficient (Wildman–Crippen LogP) is 2.49. The lowest BCUT2D eigenvalue weighted by molar-refractivity contribution is -0.131. The van der Waals surface area contributed by atoms with Crippen LogP contribution >= 0.6 is 0 Å². The van der Waals surface area contributed by atoms with Crippen molar-refractivity contribution < 1.29 is 28.7 Å². The Bertz CT molecular complexity index is 1390. The summed E-state index contributed by atoms with van der Waals surface area (Å²) < 4.78 is 5.07. The van der Waals surface area contributed by atoms with Crippen molar-refractivity contribution in [1.29, 1.82) is 0 Å². The Morgan fingerprint density at radius 3 is 2.32 bits per heavy atom. The maximum atomic E-state index is 12.9. The molecule has 1 saturated heterocycles. The van der Waals surface area contributed by atoms with Gasteiger partial charge < -0.3 is 10.1 Å². The molecule has 0 spiro atoms. The summed E-state index contributed by atoms with van der Waals surface area (Å²) in [7, 11) is 1.48. The molecule has 3 N–H and O–H groups in total. The number of urea groups is 1. The van der Waals surface area contributed by atoms with E-state index in [0.29, 0.717) is 11.4 Å². The fourth-order valence-corrected chi connectivity index (χ4v) is 3.62.